The van der Waals surface area contributed by atoms with Gasteiger partial charge < -0.3 is 5.11 Å². The van der Waals surface area contributed by atoms with Gasteiger partial charge in [-0.2, -0.15) is 4.31 Å². The highest BCUT2D eigenvalue weighted by Crippen LogP contribution is 2.42. The zero-order valence-electron chi connectivity index (χ0n) is 19.0. The predicted octanol–water partition coefficient (Wildman–Crippen LogP) is 4.53. The van der Waals surface area contributed by atoms with Gasteiger partial charge in [-0.25, -0.2) is 8.42 Å². The highest BCUT2D eigenvalue weighted by Gasteiger charge is 2.50. The Bertz CT molecular complexity index is 1210. The number of benzene rings is 2. The van der Waals surface area contributed by atoms with E-state index in [1.807, 2.05) is 23.6 Å². The molecular weight excluding hydrogens is 464 g/mol. The molecule has 2 aromatic carbocycles. The monoisotopic (exact) mass is 494 g/mol. The number of hydrogen-bond donors (Lipinski definition) is 1. The van der Waals surface area contributed by atoms with Crippen molar-refractivity contribution in [2.75, 3.05) is 26.2 Å². The molecule has 1 aromatic heterocycles. The lowest BCUT2D eigenvalue weighted by Gasteiger charge is -2.57. The molecule has 1 N–H and O–H groups in total. The first kappa shape index (κ1) is 23.5. The van der Waals surface area contributed by atoms with E-state index in [9.17, 15) is 13.5 Å². The third-order valence-electron chi connectivity index (χ3n) is 7.01. The number of hydrogen-bond acceptors (Lipinski definition) is 5. The molecule has 5 rings (SSSR count). The fourth-order valence-electron chi connectivity index (χ4n) is 5.25. The van der Waals surface area contributed by atoms with Crippen LogP contribution in [0.1, 0.15) is 35.4 Å². The van der Waals surface area contributed by atoms with Crippen molar-refractivity contribution in [3.63, 3.8) is 0 Å². The maximum absolute atomic E-state index is 13.3. The van der Waals surface area contributed by atoms with Crippen LogP contribution in [0.2, 0.25) is 0 Å². The van der Waals surface area contributed by atoms with Crippen molar-refractivity contribution >= 4 is 33.5 Å². The molecule has 0 bridgehead atoms. The summed E-state index contributed by atoms with van der Waals surface area (Å²) in [6.45, 7) is 1.98. The number of rotatable bonds is 6. The van der Waals surface area contributed by atoms with E-state index in [0.29, 0.717) is 17.3 Å². The van der Waals surface area contributed by atoms with E-state index in [1.54, 1.807) is 16.4 Å². The van der Waals surface area contributed by atoms with E-state index < -0.39 is 10.0 Å². The standard InChI is InChI=1S/C27H30N2O3S2/c30-20-25-27(23-14-12-22(13-15-23)11-10-21-7-2-1-3-8-21)24-19-28(16-4-5-17-29(24)25)34(31,32)26-9-6-18-33-26/h1-3,6-15,18,24-25,27,30H,4-5,16-17,19-20H2/t24-,25-,27-/m1/s1. The van der Waals surface area contributed by atoms with Crippen LogP contribution in [0.15, 0.2) is 76.3 Å². The summed E-state index contributed by atoms with van der Waals surface area (Å²) < 4.78 is 28.6. The zero-order chi connectivity index (χ0) is 23.5. The van der Waals surface area contributed by atoms with Gasteiger partial charge >= 0.3 is 0 Å². The average Bonchev–Trinajstić information content (AvgIpc) is 3.39. The Balaban J connectivity index is 1.37. The molecule has 0 saturated carbocycles. The van der Waals surface area contributed by atoms with Crippen molar-refractivity contribution in [3.05, 3.63) is 88.8 Å². The van der Waals surface area contributed by atoms with Gasteiger partial charge in [0.25, 0.3) is 10.0 Å². The lowest BCUT2D eigenvalue weighted by Crippen LogP contribution is -2.67. The topological polar surface area (TPSA) is 60.9 Å². The van der Waals surface area contributed by atoms with Crippen LogP contribution in [0.5, 0.6) is 0 Å². The number of aliphatic hydroxyl groups is 1. The Kier molecular flexibility index (Phi) is 6.99. The lowest BCUT2D eigenvalue weighted by atomic mass is 9.74. The van der Waals surface area contributed by atoms with E-state index in [4.69, 9.17) is 0 Å². The third kappa shape index (κ3) is 4.63. The Morgan fingerprint density at radius 1 is 0.912 bits per heavy atom. The van der Waals surface area contributed by atoms with Gasteiger partial charge in [0.1, 0.15) is 4.21 Å². The Morgan fingerprint density at radius 2 is 1.62 bits per heavy atom. The molecule has 0 unspecified atom stereocenters. The maximum atomic E-state index is 13.3. The summed E-state index contributed by atoms with van der Waals surface area (Å²) in [6.07, 6.45) is 5.96. The Labute approximate surface area is 206 Å². The van der Waals surface area contributed by atoms with Gasteiger partial charge in [-0.05, 0) is 47.5 Å². The predicted molar refractivity (Wildman–Crippen MR) is 138 cm³/mol. The van der Waals surface area contributed by atoms with Crippen LogP contribution < -0.4 is 0 Å². The average molecular weight is 495 g/mol. The van der Waals surface area contributed by atoms with Gasteiger partial charge in [-0.15, -0.1) is 11.3 Å². The normalized spacial score (nSPS) is 24.3. The second-order valence-corrected chi connectivity index (χ2v) is 12.1. The van der Waals surface area contributed by atoms with E-state index in [2.05, 4.69) is 53.5 Å². The van der Waals surface area contributed by atoms with Gasteiger partial charge in [0.2, 0.25) is 0 Å². The van der Waals surface area contributed by atoms with Crippen LogP contribution in [-0.4, -0.2) is 61.1 Å². The Morgan fingerprint density at radius 3 is 2.29 bits per heavy atom. The minimum atomic E-state index is -3.50. The largest absolute Gasteiger partial charge is 0.395 e. The first-order valence-electron chi connectivity index (χ1n) is 11.8. The minimum Gasteiger partial charge on any atom is -0.395 e. The molecular formula is C27H30N2O3S2. The van der Waals surface area contributed by atoms with Gasteiger partial charge in [0, 0.05) is 31.1 Å². The van der Waals surface area contributed by atoms with Crippen LogP contribution in [0.4, 0.5) is 0 Å². The van der Waals surface area contributed by atoms with Crippen molar-refractivity contribution in [2.45, 2.75) is 35.1 Å². The molecule has 0 spiro atoms. The van der Waals surface area contributed by atoms with Gasteiger partial charge in [-0.3, -0.25) is 4.90 Å². The number of thiophene rings is 1. The molecule has 34 heavy (non-hydrogen) atoms. The maximum Gasteiger partial charge on any atom is 0.252 e. The van der Waals surface area contributed by atoms with Gasteiger partial charge in [-0.1, -0.05) is 72.8 Å². The number of aliphatic hydroxyl groups excluding tert-OH is 1. The summed E-state index contributed by atoms with van der Waals surface area (Å²) in [6, 6.07) is 22.2. The summed E-state index contributed by atoms with van der Waals surface area (Å²) in [4.78, 5) is 2.31. The SMILES string of the molecule is O=S(=O)(c1cccs1)N1CCCCN2[C@H](CO)[C@H](c3ccc(C=Cc4ccccc4)cc3)[C@H]2C1. The molecule has 2 aliphatic rings. The molecule has 3 aromatic rings. The number of fused-ring (bicyclic) bond motifs is 1. The molecule has 2 fully saturated rings. The zero-order valence-corrected chi connectivity index (χ0v) is 20.7. The lowest BCUT2D eigenvalue weighted by molar-refractivity contribution is -0.0553. The van der Waals surface area contributed by atoms with Crippen molar-refractivity contribution in [3.8, 4) is 0 Å². The molecule has 3 heterocycles. The van der Waals surface area contributed by atoms with Crippen molar-refractivity contribution in [1.82, 2.24) is 9.21 Å². The van der Waals surface area contributed by atoms with Crippen molar-refractivity contribution in [2.24, 2.45) is 0 Å². The first-order chi connectivity index (χ1) is 16.6. The van der Waals surface area contributed by atoms with Gasteiger partial charge in [0.05, 0.1) is 6.61 Å². The van der Waals surface area contributed by atoms with Crippen LogP contribution in [0.3, 0.4) is 0 Å². The second-order valence-electron chi connectivity index (χ2n) is 8.99. The van der Waals surface area contributed by atoms with Crippen molar-refractivity contribution in [1.29, 1.82) is 0 Å². The third-order valence-corrected chi connectivity index (χ3v) is 10.2. The Hall–Kier alpha value is -2.29. The highest BCUT2D eigenvalue weighted by molar-refractivity contribution is 7.91. The molecule has 0 amide bonds. The van der Waals surface area contributed by atoms with Crippen molar-refractivity contribution < 1.29 is 13.5 Å². The summed E-state index contributed by atoms with van der Waals surface area (Å²) in [7, 11) is -3.50. The number of nitrogens with zero attached hydrogens (tertiary/aromatic N) is 2. The summed E-state index contributed by atoms with van der Waals surface area (Å²) in [5.74, 6) is 0.108. The van der Waals surface area contributed by atoms with Crippen LogP contribution in [0, 0.1) is 0 Å². The molecule has 2 aliphatic heterocycles. The van der Waals surface area contributed by atoms with Crippen LogP contribution in [-0.2, 0) is 10.0 Å². The minimum absolute atomic E-state index is 0.0279. The quantitative estimate of drug-likeness (QED) is 0.512. The highest BCUT2D eigenvalue weighted by atomic mass is 32.2. The van der Waals surface area contributed by atoms with Gasteiger partial charge in [0.15, 0.2) is 0 Å². The smallest absolute Gasteiger partial charge is 0.252 e. The fourth-order valence-corrected chi connectivity index (χ4v) is 7.89. The second kappa shape index (κ2) is 10.1. The molecule has 0 radical (unpaired) electrons. The summed E-state index contributed by atoms with van der Waals surface area (Å²) >= 11 is 1.27. The summed E-state index contributed by atoms with van der Waals surface area (Å²) in [5, 5.41) is 12.0. The van der Waals surface area contributed by atoms with Crippen LogP contribution >= 0.6 is 11.3 Å². The molecule has 178 valence electrons. The summed E-state index contributed by atoms with van der Waals surface area (Å²) in [5.41, 5.74) is 3.43. The van der Waals surface area contributed by atoms with E-state index in [0.717, 1.165) is 36.1 Å². The first-order valence-corrected chi connectivity index (χ1v) is 14.1. The van der Waals surface area contributed by atoms with Crippen LogP contribution in [0.25, 0.3) is 12.2 Å². The molecule has 2 saturated heterocycles. The molecule has 3 atom stereocenters. The fraction of sp³-hybridized carbons (Fsp3) is 0.333. The molecule has 7 heteroatoms. The molecule has 0 aliphatic carbocycles. The van der Waals surface area contributed by atoms with E-state index >= 15 is 0 Å². The van der Waals surface area contributed by atoms with E-state index in [1.165, 1.54) is 11.3 Å². The molecule has 5 nitrogen and oxygen atoms in total. The number of sulfonamides is 1. The van der Waals surface area contributed by atoms with E-state index in [-0.39, 0.29) is 24.6 Å².